The first kappa shape index (κ1) is 15.6. The highest BCUT2D eigenvalue weighted by Gasteiger charge is 2.32. The third-order valence-corrected chi connectivity index (χ3v) is 5.97. The van der Waals surface area contributed by atoms with Crippen LogP contribution in [-0.4, -0.2) is 43.2 Å². The van der Waals surface area contributed by atoms with E-state index in [0.29, 0.717) is 23.5 Å². The number of hydrogen-bond acceptors (Lipinski definition) is 5. The highest BCUT2D eigenvalue weighted by Crippen LogP contribution is 2.32. The molecule has 0 amide bonds. The van der Waals surface area contributed by atoms with E-state index >= 15 is 0 Å². The maximum atomic E-state index is 13.4. The fraction of sp³-hybridized carbons (Fsp3) is 0.538. The molecule has 1 aromatic carbocycles. The molecule has 0 bridgehead atoms. The van der Waals surface area contributed by atoms with Gasteiger partial charge in [0.15, 0.2) is 9.84 Å². The zero-order chi connectivity index (χ0) is 14.9. The highest BCUT2D eigenvalue weighted by molar-refractivity contribution is 8.01. The summed E-state index contributed by atoms with van der Waals surface area (Å²) >= 11 is 1.59. The first-order valence-corrected chi connectivity index (χ1v) is 9.42. The van der Waals surface area contributed by atoms with Crippen molar-refractivity contribution in [3.63, 3.8) is 0 Å². The van der Waals surface area contributed by atoms with Crippen molar-refractivity contribution in [1.29, 1.82) is 0 Å². The van der Waals surface area contributed by atoms with Crippen LogP contribution in [0.4, 0.5) is 10.1 Å². The monoisotopic (exact) mass is 319 g/mol. The number of halogens is 1. The molecule has 0 spiro atoms. The van der Waals surface area contributed by atoms with Crippen LogP contribution in [0.25, 0.3) is 0 Å². The first-order valence-electron chi connectivity index (χ1n) is 6.31. The van der Waals surface area contributed by atoms with E-state index in [2.05, 4.69) is 0 Å². The fourth-order valence-electron chi connectivity index (χ4n) is 2.33. The molecule has 0 saturated carbocycles. The largest absolute Gasteiger partial charge is 0.389 e. The van der Waals surface area contributed by atoms with Crippen LogP contribution < -0.4 is 4.90 Å². The minimum Gasteiger partial charge on any atom is -0.389 e. The summed E-state index contributed by atoms with van der Waals surface area (Å²) in [5.41, 5.74) is 1.02. The van der Waals surface area contributed by atoms with Gasteiger partial charge < -0.3 is 10.0 Å². The minimum atomic E-state index is -3.25. The zero-order valence-electron chi connectivity index (χ0n) is 11.4. The molecular weight excluding hydrogens is 301 g/mol. The smallest absolute Gasteiger partial charge is 0.169 e. The van der Waals surface area contributed by atoms with Crippen LogP contribution in [0.5, 0.6) is 0 Å². The Bertz CT molecular complexity index is 589. The molecule has 112 valence electrons. The Kier molecular flexibility index (Phi) is 4.61. The van der Waals surface area contributed by atoms with Crippen LogP contribution in [0, 0.1) is 5.82 Å². The summed E-state index contributed by atoms with van der Waals surface area (Å²) < 4.78 is 37.2. The molecule has 1 aliphatic rings. The van der Waals surface area contributed by atoms with Crippen LogP contribution in [0.2, 0.25) is 0 Å². The number of aliphatic hydroxyl groups excluding tert-OH is 1. The maximum absolute atomic E-state index is 13.4. The fourth-order valence-corrected chi connectivity index (χ4v) is 5.17. The van der Waals surface area contributed by atoms with Crippen LogP contribution in [0.3, 0.4) is 0 Å². The zero-order valence-corrected chi connectivity index (χ0v) is 13.0. The van der Waals surface area contributed by atoms with Crippen LogP contribution in [-0.2, 0) is 9.84 Å². The number of anilines is 1. The quantitative estimate of drug-likeness (QED) is 0.921. The lowest BCUT2D eigenvalue weighted by Gasteiger charge is -2.37. The Morgan fingerprint density at radius 1 is 1.50 bits per heavy atom. The second kappa shape index (κ2) is 5.91. The molecule has 1 aliphatic heterocycles. The van der Waals surface area contributed by atoms with E-state index in [4.69, 9.17) is 0 Å². The van der Waals surface area contributed by atoms with E-state index in [0.717, 1.165) is 5.75 Å². The van der Waals surface area contributed by atoms with E-state index < -0.39 is 27.1 Å². The lowest BCUT2D eigenvalue weighted by molar-refractivity contribution is 0.199. The molecule has 2 rings (SSSR count). The van der Waals surface area contributed by atoms with Gasteiger partial charge in [-0.05, 0) is 25.1 Å². The molecule has 0 aromatic heterocycles. The van der Waals surface area contributed by atoms with Crippen LogP contribution in [0.15, 0.2) is 18.2 Å². The standard InChI is InChI=1S/C13H18FNO3S2/c1-9(16)11-7-10(14)3-4-12(11)15-5-6-19-8-13(15)20(2,17)18/h3-4,7,9,13,16H,5-6,8H2,1-2H3/t9-,13?/m1/s1. The number of hydrogen-bond donors (Lipinski definition) is 1. The topological polar surface area (TPSA) is 57.6 Å². The summed E-state index contributed by atoms with van der Waals surface area (Å²) in [6.07, 6.45) is 0.359. The van der Waals surface area contributed by atoms with Crippen molar-refractivity contribution in [2.45, 2.75) is 18.4 Å². The van der Waals surface area contributed by atoms with Gasteiger partial charge in [0.1, 0.15) is 11.2 Å². The average Bonchev–Trinajstić information content (AvgIpc) is 2.37. The number of thioether (sulfide) groups is 1. The van der Waals surface area contributed by atoms with Crippen molar-refractivity contribution in [1.82, 2.24) is 0 Å². The molecule has 0 radical (unpaired) electrons. The first-order chi connectivity index (χ1) is 9.30. The van der Waals surface area contributed by atoms with Crippen LogP contribution in [0.1, 0.15) is 18.6 Å². The van der Waals surface area contributed by atoms with Crippen molar-refractivity contribution in [3.8, 4) is 0 Å². The van der Waals surface area contributed by atoms with Crippen LogP contribution >= 0.6 is 11.8 Å². The lowest BCUT2D eigenvalue weighted by atomic mass is 10.1. The molecule has 0 aliphatic carbocycles. The average molecular weight is 319 g/mol. The number of sulfone groups is 1. The van der Waals surface area contributed by atoms with E-state index in [1.165, 1.54) is 18.4 Å². The van der Waals surface area contributed by atoms with Crippen molar-refractivity contribution >= 4 is 27.3 Å². The van der Waals surface area contributed by atoms with E-state index in [9.17, 15) is 17.9 Å². The summed E-state index contributed by atoms with van der Waals surface area (Å²) in [7, 11) is -3.25. The summed E-state index contributed by atoms with van der Waals surface area (Å²) in [6, 6.07) is 4.11. The molecule has 1 saturated heterocycles. The number of aliphatic hydroxyl groups is 1. The SMILES string of the molecule is C[C@@H](O)c1cc(F)ccc1N1CCSCC1S(C)(=O)=O. The van der Waals surface area contributed by atoms with Gasteiger partial charge in [-0.2, -0.15) is 11.8 Å². The number of rotatable bonds is 3. The second-order valence-electron chi connectivity index (χ2n) is 4.93. The molecule has 1 unspecified atom stereocenters. The van der Waals surface area contributed by atoms with Gasteiger partial charge in [-0.25, -0.2) is 12.8 Å². The van der Waals surface area contributed by atoms with Gasteiger partial charge in [-0.3, -0.25) is 0 Å². The molecule has 4 nitrogen and oxygen atoms in total. The van der Waals surface area contributed by atoms with Gasteiger partial charge >= 0.3 is 0 Å². The Morgan fingerprint density at radius 3 is 2.80 bits per heavy atom. The van der Waals surface area contributed by atoms with Crippen molar-refractivity contribution in [3.05, 3.63) is 29.6 Å². The summed E-state index contributed by atoms with van der Waals surface area (Å²) in [5, 5.41) is 9.17. The molecule has 2 atom stereocenters. The third kappa shape index (κ3) is 3.27. The Balaban J connectivity index is 2.48. The minimum absolute atomic E-state index is 0.422. The predicted octanol–water partition coefficient (Wildman–Crippen LogP) is 1.80. The summed E-state index contributed by atoms with van der Waals surface area (Å²) in [6.45, 7) is 2.11. The summed E-state index contributed by atoms with van der Waals surface area (Å²) in [4.78, 5) is 1.76. The summed E-state index contributed by atoms with van der Waals surface area (Å²) in [5.74, 6) is 0.852. The predicted molar refractivity (Wildman–Crippen MR) is 80.3 cm³/mol. The van der Waals surface area contributed by atoms with E-state index in [1.807, 2.05) is 0 Å². The van der Waals surface area contributed by atoms with Crippen molar-refractivity contribution in [2.24, 2.45) is 0 Å². The Labute approximate surface area is 122 Å². The molecule has 1 N–H and O–H groups in total. The molecular formula is C13H18FNO3S2. The normalized spacial score (nSPS) is 21.8. The Morgan fingerprint density at radius 2 is 2.20 bits per heavy atom. The number of benzene rings is 1. The third-order valence-electron chi connectivity index (χ3n) is 3.33. The van der Waals surface area contributed by atoms with Gasteiger partial charge in [0, 0.05) is 35.6 Å². The van der Waals surface area contributed by atoms with Gasteiger partial charge in [-0.15, -0.1) is 0 Å². The van der Waals surface area contributed by atoms with E-state index in [-0.39, 0.29) is 0 Å². The molecule has 1 heterocycles. The van der Waals surface area contributed by atoms with Gasteiger partial charge in [0.2, 0.25) is 0 Å². The highest BCUT2D eigenvalue weighted by atomic mass is 32.2. The second-order valence-corrected chi connectivity index (χ2v) is 8.28. The van der Waals surface area contributed by atoms with Crippen molar-refractivity contribution in [2.75, 3.05) is 29.2 Å². The molecule has 20 heavy (non-hydrogen) atoms. The lowest BCUT2D eigenvalue weighted by Crippen LogP contribution is -2.47. The number of nitrogens with zero attached hydrogens (tertiary/aromatic N) is 1. The van der Waals surface area contributed by atoms with E-state index in [1.54, 1.807) is 29.7 Å². The van der Waals surface area contributed by atoms with Gasteiger partial charge in [0.05, 0.1) is 6.10 Å². The molecule has 1 aromatic rings. The van der Waals surface area contributed by atoms with Gasteiger partial charge in [0.25, 0.3) is 0 Å². The maximum Gasteiger partial charge on any atom is 0.169 e. The van der Waals surface area contributed by atoms with Gasteiger partial charge in [-0.1, -0.05) is 0 Å². The molecule has 7 heteroatoms. The molecule has 1 fully saturated rings. The Hall–Kier alpha value is -0.790. The van der Waals surface area contributed by atoms with Crippen molar-refractivity contribution < 1.29 is 17.9 Å².